The third-order valence-corrected chi connectivity index (χ3v) is 3.31. The Balaban J connectivity index is 2.20. The molecule has 21 heavy (non-hydrogen) atoms. The highest BCUT2D eigenvalue weighted by molar-refractivity contribution is 5.94. The molecule has 1 aliphatic carbocycles. The monoisotopic (exact) mass is 293 g/mol. The fourth-order valence-corrected chi connectivity index (χ4v) is 2.09. The first-order valence-electron chi connectivity index (χ1n) is 7.10. The zero-order valence-corrected chi connectivity index (χ0v) is 12.0. The van der Waals surface area contributed by atoms with Gasteiger partial charge in [0, 0.05) is 19.2 Å². The minimum Gasteiger partial charge on any atom is -0.480 e. The number of hydrogen-bond donors (Lipinski definition) is 1. The van der Waals surface area contributed by atoms with Gasteiger partial charge in [0.25, 0.3) is 11.5 Å². The number of rotatable bonds is 7. The molecule has 1 amide bonds. The molecule has 1 saturated carbocycles. The number of carbonyl (C=O) groups is 2. The largest absolute Gasteiger partial charge is 0.480 e. The summed E-state index contributed by atoms with van der Waals surface area (Å²) in [5.41, 5.74) is -0.148. The van der Waals surface area contributed by atoms with E-state index >= 15 is 0 Å². The Morgan fingerprint density at radius 2 is 2.14 bits per heavy atom. The first kappa shape index (κ1) is 15.2. The Morgan fingerprint density at radius 3 is 2.71 bits per heavy atom. The van der Waals surface area contributed by atoms with Gasteiger partial charge in [-0.05, 0) is 31.2 Å². The number of nitrogens with zero attached hydrogens (tertiary/aromatic N) is 3. The van der Waals surface area contributed by atoms with Crippen LogP contribution in [-0.4, -0.2) is 44.8 Å². The van der Waals surface area contributed by atoms with Gasteiger partial charge < -0.3 is 10.0 Å². The third kappa shape index (κ3) is 4.14. The predicted octanol–water partition coefficient (Wildman–Crippen LogP) is 0.590. The van der Waals surface area contributed by atoms with Crippen molar-refractivity contribution in [3.8, 4) is 0 Å². The summed E-state index contributed by atoms with van der Waals surface area (Å²) in [7, 11) is 0. The minimum absolute atomic E-state index is 0.116. The van der Waals surface area contributed by atoms with E-state index in [1.807, 2.05) is 6.92 Å². The molecule has 1 N–H and O–H groups in total. The van der Waals surface area contributed by atoms with E-state index in [0.29, 0.717) is 19.0 Å². The minimum atomic E-state index is -1.05. The van der Waals surface area contributed by atoms with Gasteiger partial charge >= 0.3 is 5.97 Å². The molecule has 0 spiro atoms. The fraction of sp³-hybridized carbons (Fsp3) is 0.571. The lowest BCUT2D eigenvalue weighted by molar-refractivity contribution is -0.137. The maximum absolute atomic E-state index is 12.4. The van der Waals surface area contributed by atoms with Crippen molar-refractivity contribution >= 4 is 11.9 Å². The van der Waals surface area contributed by atoms with E-state index in [0.717, 1.165) is 19.3 Å². The molecule has 0 unspecified atom stereocenters. The maximum Gasteiger partial charge on any atom is 0.323 e. The molecule has 1 fully saturated rings. The highest BCUT2D eigenvalue weighted by atomic mass is 16.4. The van der Waals surface area contributed by atoms with Gasteiger partial charge in [0.2, 0.25) is 0 Å². The molecule has 7 nitrogen and oxygen atoms in total. The second-order valence-electron chi connectivity index (χ2n) is 5.30. The summed E-state index contributed by atoms with van der Waals surface area (Å²) < 4.78 is 1.24. The Hall–Kier alpha value is -2.18. The molecule has 2 rings (SSSR count). The highest BCUT2D eigenvalue weighted by Crippen LogP contribution is 2.29. The second-order valence-corrected chi connectivity index (χ2v) is 5.30. The lowest BCUT2D eigenvalue weighted by Crippen LogP contribution is -2.38. The van der Waals surface area contributed by atoms with Crippen molar-refractivity contribution in [2.45, 2.75) is 32.7 Å². The van der Waals surface area contributed by atoms with Gasteiger partial charge in [-0.25, -0.2) is 4.68 Å². The standard InChI is InChI=1S/C14H19N3O4/c1-2-7-17-12(18)6-5-11(15-17)14(21)16(9-13(19)20)8-10-3-4-10/h5-6,10H,2-4,7-9H2,1H3,(H,19,20). The number of aromatic nitrogens is 2. The van der Waals surface area contributed by atoms with Crippen molar-refractivity contribution in [2.75, 3.05) is 13.1 Å². The number of carboxylic acids is 1. The number of carboxylic acid groups (broad SMARTS) is 1. The van der Waals surface area contributed by atoms with Crippen molar-refractivity contribution in [3.05, 3.63) is 28.2 Å². The average molecular weight is 293 g/mol. The molecular weight excluding hydrogens is 274 g/mol. The van der Waals surface area contributed by atoms with Gasteiger partial charge in [0.05, 0.1) is 0 Å². The summed E-state index contributed by atoms with van der Waals surface area (Å²) in [4.78, 5) is 36.2. The lowest BCUT2D eigenvalue weighted by atomic mass is 10.3. The van der Waals surface area contributed by atoms with E-state index in [-0.39, 0.29) is 17.8 Å². The van der Waals surface area contributed by atoms with Crippen LogP contribution in [0.5, 0.6) is 0 Å². The molecule has 1 heterocycles. The molecule has 0 aromatic carbocycles. The Morgan fingerprint density at radius 1 is 1.43 bits per heavy atom. The maximum atomic E-state index is 12.4. The number of aryl methyl sites for hydroxylation is 1. The van der Waals surface area contributed by atoms with Gasteiger partial charge in [-0.3, -0.25) is 14.4 Å². The van der Waals surface area contributed by atoms with Crippen LogP contribution >= 0.6 is 0 Å². The predicted molar refractivity (Wildman–Crippen MR) is 75.1 cm³/mol. The topological polar surface area (TPSA) is 92.5 Å². The van der Waals surface area contributed by atoms with Gasteiger partial charge in [-0.15, -0.1) is 0 Å². The Kier molecular flexibility index (Phi) is 4.72. The summed E-state index contributed by atoms with van der Waals surface area (Å²) >= 11 is 0. The smallest absolute Gasteiger partial charge is 0.323 e. The molecule has 0 radical (unpaired) electrons. The number of amides is 1. The van der Waals surface area contributed by atoms with Gasteiger partial charge in [-0.2, -0.15) is 5.10 Å². The van der Waals surface area contributed by atoms with Crippen LogP contribution < -0.4 is 5.56 Å². The Bertz CT molecular complexity index is 592. The normalized spacial score (nSPS) is 14.0. The molecule has 1 aromatic rings. The SMILES string of the molecule is CCCn1nc(C(=O)N(CC(=O)O)CC2CC2)ccc1=O. The van der Waals surface area contributed by atoms with Crippen LogP contribution in [0.25, 0.3) is 0 Å². The van der Waals surface area contributed by atoms with Crippen LogP contribution in [-0.2, 0) is 11.3 Å². The molecule has 7 heteroatoms. The third-order valence-electron chi connectivity index (χ3n) is 3.31. The van der Waals surface area contributed by atoms with Crippen LogP contribution in [0.4, 0.5) is 0 Å². The number of hydrogen-bond acceptors (Lipinski definition) is 4. The summed E-state index contributed by atoms with van der Waals surface area (Å²) in [5, 5.41) is 13.0. The summed E-state index contributed by atoms with van der Waals surface area (Å²) in [5.74, 6) is -1.10. The van der Waals surface area contributed by atoms with Crippen LogP contribution in [0.2, 0.25) is 0 Å². The Labute approximate surface area is 122 Å². The zero-order chi connectivity index (χ0) is 15.4. The summed E-state index contributed by atoms with van der Waals surface area (Å²) in [6, 6.07) is 2.66. The second kappa shape index (κ2) is 6.51. The number of carbonyl (C=O) groups excluding carboxylic acids is 1. The molecular formula is C14H19N3O4. The molecule has 114 valence electrons. The van der Waals surface area contributed by atoms with Crippen molar-refractivity contribution < 1.29 is 14.7 Å². The molecule has 0 atom stereocenters. The van der Waals surface area contributed by atoms with Crippen LogP contribution in [0, 0.1) is 5.92 Å². The fourth-order valence-electron chi connectivity index (χ4n) is 2.09. The van der Waals surface area contributed by atoms with Gasteiger partial charge in [0.1, 0.15) is 12.2 Å². The molecule has 1 aromatic heterocycles. The van der Waals surface area contributed by atoms with E-state index in [9.17, 15) is 14.4 Å². The van der Waals surface area contributed by atoms with Crippen LogP contribution in [0.3, 0.4) is 0 Å². The molecule has 0 bridgehead atoms. The van der Waals surface area contributed by atoms with Crippen LogP contribution in [0.15, 0.2) is 16.9 Å². The van der Waals surface area contributed by atoms with Gasteiger partial charge in [0.15, 0.2) is 0 Å². The van der Waals surface area contributed by atoms with Crippen molar-refractivity contribution in [1.29, 1.82) is 0 Å². The number of aliphatic carboxylic acids is 1. The van der Waals surface area contributed by atoms with E-state index in [1.54, 1.807) is 0 Å². The van der Waals surface area contributed by atoms with Crippen molar-refractivity contribution in [3.63, 3.8) is 0 Å². The van der Waals surface area contributed by atoms with Gasteiger partial charge in [-0.1, -0.05) is 6.92 Å². The highest BCUT2D eigenvalue weighted by Gasteiger charge is 2.29. The summed E-state index contributed by atoms with van der Waals surface area (Å²) in [6.45, 7) is 2.43. The summed E-state index contributed by atoms with van der Waals surface area (Å²) in [6.07, 6.45) is 2.77. The van der Waals surface area contributed by atoms with E-state index in [1.165, 1.54) is 21.7 Å². The first-order valence-corrected chi connectivity index (χ1v) is 7.10. The first-order chi connectivity index (χ1) is 10.0. The molecule has 0 aliphatic heterocycles. The molecule has 1 aliphatic rings. The van der Waals surface area contributed by atoms with E-state index in [2.05, 4.69) is 5.10 Å². The lowest BCUT2D eigenvalue weighted by Gasteiger charge is -2.20. The van der Waals surface area contributed by atoms with E-state index in [4.69, 9.17) is 5.11 Å². The van der Waals surface area contributed by atoms with Crippen molar-refractivity contribution in [1.82, 2.24) is 14.7 Å². The quantitative estimate of drug-likeness (QED) is 0.794. The van der Waals surface area contributed by atoms with Crippen molar-refractivity contribution in [2.24, 2.45) is 5.92 Å². The zero-order valence-electron chi connectivity index (χ0n) is 12.0. The molecule has 0 saturated heterocycles. The van der Waals surface area contributed by atoms with E-state index < -0.39 is 11.9 Å². The van der Waals surface area contributed by atoms with Crippen LogP contribution in [0.1, 0.15) is 36.7 Å². The average Bonchev–Trinajstić information content (AvgIpc) is 3.23.